The Morgan fingerprint density at radius 3 is 2.41 bits per heavy atom. The molecule has 0 atom stereocenters. The number of hydrogen-bond acceptors (Lipinski definition) is 3. The zero-order chi connectivity index (χ0) is 24.1. The fourth-order valence-electron chi connectivity index (χ4n) is 4.26. The minimum absolute atomic E-state index is 0.272. The molecule has 0 radical (unpaired) electrons. The monoisotopic (exact) mass is 502 g/mol. The number of thiophene rings is 1. The first-order chi connectivity index (χ1) is 16.2. The molecule has 5 rings (SSSR count). The van der Waals surface area contributed by atoms with Crippen molar-refractivity contribution < 1.29 is 23.1 Å². The first-order valence-corrected chi connectivity index (χ1v) is 11.8. The molecule has 174 valence electrons. The number of nitrogens with zero attached hydrogens (tertiary/aromatic N) is 2. The second kappa shape index (κ2) is 8.29. The molecule has 2 aromatic heterocycles. The minimum Gasteiger partial charge on any atom is -0.481 e. The van der Waals surface area contributed by atoms with Crippen LogP contribution < -0.4 is 0 Å². The minimum atomic E-state index is -4.61. The molecule has 9 heteroatoms. The summed E-state index contributed by atoms with van der Waals surface area (Å²) in [5, 5.41) is 13.9. The highest BCUT2D eigenvalue weighted by atomic mass is 35.5. The van der Waals surface area contributed by atoms with Crippen molar-refractivity contribution in [2.24, 2.45) is 0 Å². The van der Waals surface area contributed by atoms with Gasteiger partial charge in [-0.2, -0.15) is 18.3 Å². The first kappa shape index (κ1) is 22.7. The number of benzene rings is 2. The first-order valence-electron chi connectivity index (χ1n) is 10.6. The summed E-state index contributed by atoms with van der Waals surface area (Å²) in [6.45, 7) is 0. The molecule has 0 spiro atoms. The van der Waals surface area contributed by atoms with Gasteiger partial charge in [-0.05, 0) is 60.4 Å². The van der Waals surface area contributed by atoms with Crippen LogP contribution in [0.4, 0.5) is 13.2 Å². The molecule has 4 nitrogen and oxygen atoms in total. The van der Waals surface area contributed by atoms with Crippen molar-refractivity contribution in [3.63, 3.8) is 0 Å². The lowest BCUT2D eigenvalue weighted by atomic mass is 9.64. The summed E-state index contributed by atoms with van der Waals surface area (Å²) in [7, 11) is 0. The molecule has 0 saturated heterocycles. The maximum atomic E-state index is 13.5. The van der Waals surface area contributed by atoms with Gasteiger partial charge in [0.15, 0.2) is 5.69 Å². The molecule has 2 aromatic carbocycles. The van der Waals surface area contributed by atoms with Crippen LogP contribution in [0.3, 0.4) is 0 Å². The van der Waals surface area contributed by atoms with Crippen LogP contribution in [-0.2, 0) is 16.4 Å². The summed E-state index contributed by atoms with van der Waals surface area (Å²) < 4.78 is 41.7. The fraction of sp³-hybridized carbons (Fsp3) is 0.200. The normalized spacial score (nSPS) is 15.2. The number of rotatable bonds is 5. The topological polar surface area (TPSA) is 55.1 Å². The van der Waals surface area contributed by atoms with Crippen molar-refractivity contribution in [3.05, 3.63) is 83.0 Å². The summed E-state index contributed by atoms with van der Waals surface area (Å²) in [4.78, 5) is 13.3. The van der Waals surface area contributed by atoms with Gasteiger partial charge in [0.1, 0.15) is 0 Å². The van der Waals surface area contributed by atoms with Gasteiger partial charge in [0, 0.05) is 4.88 Å². The third-order valence-electron chi connectivity index (χ3n) is 6.26. The van der Waals surface area contributed by atoms with Crippen molar-refractivity contribution >= 4 is 28.9 Å². The molecule has 1 aliphatic rings. The van der Waals surface area contributed by atoms with Gasteiger partial charge in [-0.1, -0.05) is 48.4 Å². The highest BCUT2D eigenvalue weighted by Crippen LogP contribution is 2.46. The van der Waals surface area contributed by atoms with E-state index in [0.717, 1.165) is 28.5 Å². The van der Waals surface area contributed by atoms with Gasteiger partial charge >= 0.3 is 12.1 Å². The van der Waals surface area contributed by atoms with E-state index in [4.69, 9.17) is 11.6 Å². The Morgan fingerprint density at radius 1 is 1.03 bits per heavy atom. The predicted octanol–water partition coefficient (Wildman–Crippen LogP) is 7.45. The third-order valence-corrected chi connectivity index (χ3v) is 7.73. The number of aromatic nitrogens is 2. The van der Waals surface area contributed by atoms with Crippen molar-refractivity contribution in [1.82, 2.24) is 9.78 Å². The van der Waals surface area contributed by atoms with E-state index in [9.17, 15) is 23.1 Å². The van der Waals surface area contributed by atoms with Crippen LogP contribution in [-0.4, -0.2) is 20.9 Å². The van der Waals surface area contributed by atoms with Crippen molar-refractivity contribution in [3.8, 4) is 26.7 Å². The van der Waals surface area contributed by atoms with Gasteiger partial charge in [-0.15, -0.1) is 11.3 Å². The van der Waals surface area contributed by atoms with Crippen LogP contribution in [0.25, 0.3) is 26.7 Å². The second-order valence-corrected chi connectivity index (χ2v) is 9.75. The van der Waals surface area contributed by atoms with Crippen molar-refractivity contribution in [2.75, 3.05) is 0 Å². The number of carboxylic acid groups (broad SMARTS) is 1. The second-order valence-electron chi connectivity index (χ2n) is 8.26. The van der Waals surface area contributed by atoms with Gasteiger partial charge < -0.3 is 5.11 Å². The highest BCUT2D eigenvalue weighted by molar-refractivity contribution is 7.18. The molecule has 34 heavy (non-hydrogen) atoms. The zero-order valence-corrected chi connectivity index (χ0v) is 19.2. The lowest BCUT2D eigenvalue weighted by Crippen LogP contribution is -2.42. The molecule has 0 aliphatic heterocycles. The standard InChI is InChI=1S/C25H18ClF3N2O2S/c26-17-7-1-2-8-18(17)31-19(14-22(30-31)25(27,28)29)21-10-9-20(34-21)15-5-3-6-16(13-15)24(23(32)33)11-4-12-24/h1-3,5-10,13-14H,4,11-12H2,(H,32,33). The van der Waals surface area contributed by atoms with Gasteiger partial charge in [0.25, 0.3) is 0 Å². The van der Waals surface area contributed by atoms with E-state index in [-0.39, 0.29) is 10.7 Å². The molecule has 0 unspecified atom stereocenters. The number of aliphatic carboxylic acids is 1. The van der Waals surface area contributed by atoms with E-state index >= 15 is 0 Å². The largest absolute Gasteiger partial charge is 0.481 e. The summed E-state index contributed by atoms with van der Waals surface area (Å²) in [5.41, 5.74) is 0.322. The summed E-state index contributed by atoms with van der Waals surface area (Å²) >= 11 is 7.57. The predicted molar refractivity (Wildman–Crippen MR) is 125 cm³/mol. The van der Waals surface area contributed by atoms with E-state index in [1.807, 2.05) is 30.3 Å². The average Bonchev–Trinajstić information content (AvgIpc) is 3.40. The van der Waals surface area contributed by atoms with Crippen LogP contribution in [0.15, 0.2) is 66.7 Å². The van der Waals surface area contributed by atoms with E-state index in [0.29, 0.717) is 23.4 Å². The van der Waals surface area contributed by atoms with Gasteiger partial charge in [-0.25, -0.2) is 4.68 Å². The Morgan fingerprint density at radius 2 is 1.76 bits per heavy atom. The molecular weight excluding hydrogens is 485 g/mol. The zero-order valence-electron chi connectivity index (χ0n) is 17.6. The smallest absolute Gasteiger partial charge is 0.435 e. The molecule has 0 bridgehead atoms. The Balaban J connectivity index is 1.58. The highest BCUT2D eigenvalue weighted by Gasteiger charge is 2.46. The number of halogens is 4. The van der Waals surface area contributed by atoms with Crippen LogP contribution in [0, 0.1) is 0 Å². The quantitative estimate of drug-likeness (QED) is 0.308. The molecule has 4 aromatic rings. The molecule has 1 N–H and O–H groups in total. The summed E-state index contributed by atoms with van der Waals surface area (Å²) in [6.07, 6.45) is -2.55. The number of carbonyl (C=O) groups is 1. The lowest BCUT2D eigenvalue weighted by molar-refractivity contribution is -0.147. The van der Waals surface area contributed by atoms with Crippen LogP contribution >= 0.6 is 22.9 Å². The number of hydrogen-bond donors (Lipinski definition) is 1. The van der Waals surface area contributed by atoms with Crippen LogP contribution in [0.1, 0.15) is 30.5 Å². The van der Waals surface area contributed by atoms with Gasteiger partial charge in [0.2, 0.25) is 0 Å². The molecule has 1 aliphatic carbocycles. The average molecular weight is 503 g/mol. The number of carboxylic acids is 1. The van der Waals surface area contributed by atoms with E-state index in [1.165, 1.54) is 16.0 Å². The molecule has 1 saturated carbocycles. The number of alkyl halides is 3. The molecule has 2 heterocycles. The molecule has 1 fully saturated rings. The summed E-state index contributed by atoms with van der Waals surface area (Å²) in [6, 6.07) is 18.6. The molecular formula is C25H18ClF3N2O2S. The van der Waals surface area contributed by atoms with Crippen molar-refractivity contribution in [2.45, 2.75) is 30.9 Å². The Hall–Kier alpha value is -3.10. The Labute approximate surface area is 202 Å². The van der Waals surface area contributed by atoms with E-state index in [1.54, 1.807) is 30.3 Å². The molecule has 0 amide bonds. The third kappa shape index (κ3) is 3.80. The SMILES string of the molecule is O=C(O)C1(c2cccc(-c3ccc(-c4cc(C(F)(F)F)nn4-c4ccccc4Cl)s3)c2)CCC1. The van der Waals surface area contributed by atoms with E-state index in [2.05, 4.69) is 5.10 Å². The maximum absolute atomic E-state index is 13.5. The van der Waals surface area contributed by atoms with Gasteiger partial charge in [-0.3, -0.25) is 4.79 Å². The van der Waals surface area contributed by atoms with Crippen LogP contribution in [0.2, 0.25) is 5.02 Å². The summed E-state index contributed by atoms with van der Waals surface area (Å²) in [5.74, 6) is -0.828. The maximum Gasteiger partial charge on any atom is 0.435 e. The van der Waals surface area contributed by atoms with Crippen LogP contribution in [0.5, 0.6) is 0 Å². The number of para-hydroxylation sites is 1. The van der Waals surface area contributed by atoms with Crippen molar-refractivity contribution in [1.29, 1.82) is 0 Å². The Kier molecular flexibility index (Phi) is 5.53. The van der Waals surface area contributed by atoms with E-state index < -0.39 is 23.3 Å². The van der Waals surface area contributed by atoms with Gasteiger partial charge in [0.05, 0.1) is 26.7 Å². The lowest BCUT2D eigenvalue weighted by Gasteiger charge is -2.38. The fourth-order valence-corrected chi connectivity index (χ4v) is 5.48. The Bertz CT molecular complexity index is 1390.